The van der Waals surface area contributed by atoms with Gasteiger partial charge in [0.05, 0.1) is 19.6 Å². The first kappa shape index (κ1) is 12.4. The van der Waals surface area contributed by atoms with Crippen LogP contribution in [0.1, 0.15) is 0 Å². The number of carbonyl (C=O) groups excluding carboxylic acids is 3. The molecule has 0 aromatic heterocycles. The number of primary amides is 2. The molecule has 0 radical (unpaired) electrons. The maximum atomic E-state index is 10.9. The number of rotatable bonds is 6. The molecule has 0 rings (SSSR count). The van der Waals surface area contributed by atoms with Crippen LogP contribution in [0.5, 0.6) is 0 Å². The molecular weight excluding hydrogens is 188 g/mol. The largest absolute Gasteiger partial charge is 0.369 e. The van der Waals surface area contributed by atoms with Crippen molar-refractivity contribution in [2.24, 2.45) is 11.5 Å². The summed E-state index contributed by atoms with van der Waals surface area (Å²) in [4.78, 5) is 33.3. The van der Waals surface area contributed by atoms with Crippen LogP contribution in [0.2, 0.25) is 0 Å². The highest BCUT2D eigenvalue weighted by molar-refractivity contribution is 5.82. The van der Waals surface area contributed by atoms with Crippen LogP contribution in [0.25, 0.3) is 0 Å². The van der Waals surface area contributed by atoms with Crippen molar-refractivity contribution in [1.29, 1.82) is 0 Å². The summed E-state index contributed by atoms with van der Waals surface area (Å²) in [7, 11) is 1.45. The molecule has 0 unspecified atom stereocenters. The van der Waals surface area contributed by atoms with E-state index < -0.39 is 11.8 Å². The van der Waals surface area contributed by atoms with Gasteiger partial charge >= 0.3 is 0 Å². The van der Waals surface area contributed by atoms with E-state index in [-0.39, 0.29) is 25.5 Å². The summed E-state index contributed by atoms with van der Waals surface area (Å²) in [6.07, 6.45) is 0. The van der Waals surface area contributed by atoms with Gasteiger partial charge in [0.2, 0.25) is 17.7 Å². The van der Waals surface area contributed by atoms with E-state index in [1.54, 1.807) is 0 Å². The van der Waals surface area contributed by atoms with Crippen LogP contribution in [0.15, 0.2) is 0 Å². The summed E-state index contributed by atoms with van der Waals surface area (Å²) in [6.45, 7) is -0.422. The Morgan fingerprint density at radius 1 is 1.07 bits per heavy atom. The minimum Gasteiger partial charge on any atom is -0.369 e. The van der Waals surface area contributed by atoms with Crippen molar-refractivity contribution in [2.45, 2.75) is 0 Å². The van der Waals surface area contributed by atoms with Gasteiger partial charge in [-0.15, -0.1) is 0 Å². The summed E-state index contributed by atoms with van der Waals surface area (Å²) in [5.74, 6) is -1.54. The van der Waals surface area contributed by atoms with Crippen LogP contribution in [-0.4, -0.2) is 49.3 Å². The SMILES string of the molecule is CNC(=O)CN(CC(N)=O)CC(N)=O. The lowest BCUT2D eigenvalue weighted by Gasteiger charge is -2.17. The average molecular weight is 202 g/mol. The second kappa shape index (κ2) is 5.92. The quantitative estimate of drug-likeness (QED) is 0.425. The van der Waals surface area contributed by atoms with Crippen molar-refractivity contribution in [3.63, 3.8) is 0 Å². The fourth-order valence-corrected chi connectivity index (χ4v) is 0.891. The van der Waals surface area contributed by atoms with Gasteiger partial charge in [-0.3, -0.25) is 19.3 Å². The predicted octanol–water partition coefficient (Wildman–Crippen LogP) is -2.99. The van der Waals surface area contributed by atoms with Crippen LogP contribution in [-0.2, 0) is 14.4 Å². The van der Waals surface area contributed by atoms with Crippen molar-refractivity contribution >= 4 is 17.7 Å². The monoisotopic (exact) mass is 202 g/mol. The molecule has 0 spiro atoms. The Morgan fingerprint density at radius 3 is 1.79 bits per heavy atom. The summed E-state index contributed by atoms with van der Waals surface area (Å²) in [5, 5.41) is 2.36. The standard InChI is InChI=1S/C7H14N4O3/c1-10-7(14)4-11(2-5(8)12)3-6(9)13/h2-4H2,1H3,(H2,8,12)(H2,9,13)(H,10,14). The molecule has 0 atom stereocenters. The third-order valence-corrected chi connectivity index (χ3v) is 1.40. The van der Waals surface area contributed by atoms with E-state index in [4.69, 9.17) is 11.5 Å². The maximum Gasteiger partial charge on any atom is 0.233 e. The number of nitrogens with one attached hydrogen (secondary N) is 1. The summed E-state index contributed by atoms with van der Waals surface area (Å²) < 4.78 is 0. The zero-order valence-electron chi connectivity index (χ0n) is 7.95. The lowest BCUT2D eigenvalue weighted by atomic mass is 10.4. The Morgan fingerprint density at radius 2 is 1.50 bits per heavy atom. The first-order chi connectivity index (χ1) is 6.45. The Labute approximate surface area is 81.4 Å². The molecule has 14 heavy (non-hydrogen) atoms. The molecule has 0 aromatic carbocycles. The minimum absolute atomic E-state index is 0.0810. The topological polar surface area (TPSA) is 119 Å². The van der Waals surface area contributed by atoms with Crippen LogP contribution < -0.4 is 16.8 Å². The number of nitrogens with two attached hydrogens (primary N) is 2. The Kier molecular flexibility index (Phi) is 5.23. The molecule has 7 heteroatoms. The van der Waals surface area contributed by atoms with Crippen LogP contribution in [0, 0.1) is 0 Å². The molecular formula is C7H14N4O3. The molecule has 0 saturated heterocycles. The fraction of sp³-hybridized carbons (Fsp3) is 0.571. The highest BCUT2D eigenvalue weighted by Gasteiger charge is 2.13. The van der Waals surface area contributed by atoms with Crippen molar-refractivity contribution in [1.82, 2.24) is 10.2 Å². The van der Waals surface area contributed by atoms with Gasteiger partial charge in [0.1, 0.15) is 0 Å². The fourth-order valence-electron chi connectivity index (χ4n) is 0.891. The predicted molar refractivity (Wildman–Crippen MR) is 48.9 cm³/mol. The number of amides is 3. The second-order valence-electron chi connectivity index (χ2n) is 2.75. The van der Waals surface area contributed by atoms with Gasteiger partial charge < -0.3 is 16.8 Å². The van der Waals surface area contributed by atoms with E-state index in [2.05, 4.69) is 5.32 Å². The van der Waals surface area contributed by atoms with E-state index in [1.165, 1.54) is 11.9 Å². The van der Waals surface area contributed by atoms with Gasteiger partial charge in [-0.05, 0) is 0 Å². The molecule has 5 N–H and O–H groups in total. The summed E-state index contributed by atoms with van der Waals surface area (Å²) in [5.41, 5.74) is 9.84. The molecule has 0 aliphatic heterocycles. The summed E-state index contributed by atoms with van der Waals surface area (Å²) in [6, 6.07) is 0. The molecule has 0 aliphatic carbocycles. The normalized spacial score (nSPS) is 9.86. The minimum atomic E-state index is -0.616. The zero-order chi connectivity index (χ0) is 11.1. The molecule has 0 saturated carbocycles. The van der Waals surface area contributed by atoms with E-state index in [1.807, 2.05) is 0 Å². The highest BCUT2D eigenvalue weighted by atomic mass is 16.2. The molecule has 0 fully saturated rings. The molecule has 0 heterocycles. The maximum absolute atomic E-state index is 10.9. The van der Waals surface area contributed by atoms with Gasteiger partial charge in [-0.1, -0.05) is 0 Å². The Bertz CT molecular complexity index is 225. The third-order valence-electron chi connectivity index (χ3n) is 1.40. The number of carbonyl (C=O) groups is 3. The van der Waals surface area contributed by atoms with Gasteiger partial charge in [0.15, 0.2) is 0 Å². The molecule has 3 amide bonds. The van der Waals surface area contributed by atoms with Crippen molar-refractivity contribution < 1.29 is 14.4 Å². The van der Waals surface area contributed by atoms with Gasteiger partial charge in [-0.25, -0.2) is 0 Å². The first-order valence-corrected chi connectivity index (χ1v) is 3.95. The van der Waals surface area contributed by atoms with Gasteiger partial charge in [-0.2, -0.15) is 0 Å². The molecule has 0 aliphatic rings. The number of likely N-dealkylation sites (N-methyl/N-ethyl adjacent to an activating group) is 1. The van der Waals surface area contributed by atoms with E-state index in [0.29, 0.717) is 0 Å². The van der Waals surface area contributed by atoms with Crippen LogP contribution in [0.4, 0.5) is 0 Å². The van der Waals surface area contributed by atoms with Crippen LogP contribution >= 0.6 is 0 Å². The second-order valence-corrected chi connectivity index (χ2v) is 2.75. The van der Waals surface area contributed by atoms with Crippen molar-refractivity contribution in [3.05, 3.63) is 0 Å². The number of hydrogen-bond acceptors (Lipinski definition) is 4. The summed E-state index contributed by atoms with van der Waals surface area (Å²) >= 11 is 0. The van der Waals surface area contributed by atoms with E-state index in [0.717, 1.165) is 0 Å². The van der Waals surface area contributed by atoms with E-state index in [9.17, 15) is 14.4 Å². The van der Waals surface area contributed by atoms with Crippen molar-refractivity contribution in [2.75, 3.05) is 26.7 Å². The smallest absolute Gasteiger partial charge is 0.233 e. The van der Waals surface area contributed by atoms with E-state index >= 15 is 0 Å². The van der Waals surface area contributed by atoms with Crippen molar-refractivity contribution in [3.8, 4) is 0 Å². The first-order valence-electron chi connectivity index (χ1n) is 3.95. The average Bonchev–Trinajstić information content (AvgIpc) is 2.01. The Balaban J connectivity index is 4.16. The number of nitrogens with zero attached hydrogens (tertiary/aromatic N) is 1. The van der Waals surface area contributed by atoms with Crippen LogP contribution in [0.3, 0.4) is 0 Å². The number of hydrogen-bond donors (Lipinski definition) is 3. The molecule has 0 aromatic rings. The lowest BCUT2D eigenvalue weighted by molar-refractivity contribution is -0.125. The lowest BCUT2D eigenvalue weighted by Crippen LogP contribution is -2.44. The molecule has 0 bridgehead atoms. The highest BCUT2D eigenvalue weighted by Crippen LogP contribution is 1.86. The third kappa shape index (κ3) is 5.95. The van der Waals surface area contributed by atoms with Gasteiger partial charge in [0.25, 0.3) is 0 Å². The molecule has 7 nitrogen and oxygen atoms in total. The Hall–Kier alpha value is -1.63. The van der Waals surface area contributed by atoms with Gasteiger partial charge in [0, 0.05) is 7.05 Å². The zero-order valence-corrected chi connectivity index (χ0v) is 7.95. The molecule has 80 valence electrons.